The fourth-order valence-corrected chi connectivity index (χ4v) is 3.33. The molecule has 1 heterocycles. The quantitative estimate of drug-likeness (QED) is 0.923. The van der Waals surface area contributed by atoms with Crippen LogP contribution in [0.15, 0.2) is 24.4 Å². The van der Waals surface area contributed by atoms with Gasteiger partial charge in [-0.1, -0.05) is 23.8 Å². The van der Waals surface area contributed by atoms with Gasteiger partial charge >= 0.3 is 0 Å². The van der Waals surface area contributed by atoms with Gasteiger partial charge in [-0.15, -0.1) is 0 Å². The highest BCUT2D eigenvalue weighted by Crippen LogP contribution is 2.30. The highest BCUT2D eigenvalue weighted by Gasteiger charge is 2.34. The molecule has 1 aliphatic carbocycles. The van der Waals surface area contributed by atoms with Crippen LogP contribution in [-0.2, 0) is 18.8 Å². The molecule has 132 valence electrons. The van der Waals surface area contributed by atoms with Crippen LogP contribution in [0.25, 0.3) is 0 Å². The molecule has 0 radical (unpaired) electrons. The Bertz CT molecular complexity index is 805. The molecule has 0 aliphatic heterocycles. The summed E-state index contributed by atoms with van der Waals surface area (Å²) in [6, 6.07) is 4.79. The SMILES string of the molecule is Cc1ccc(C(F)(F)CNC(=O)c2cnnc3c2CCCC3)c(C)c1. The first-order valence-corrected chi connectivity index (χ1v) is 8.45. The smallest absolute Gasteiger partial charge is 0.290 e. The Morgan fingerprint density at radius 3 is 2.76 bits per heavy atom. The van der Waals surface area contributed by atoms with Crippen molar-refractivity contribution in [2.24, 2.45) is 0 Å². The number of carbonyl (C=O) groups excluding carboxylic acids is 1. The molecule has 1 N–H and O–H groups in total. The van der Waals surface area contributed by atoms with Gasteiger partial charge in [0.2, 0.25) is 0 Å². The number of aromatic nitrogens is 2. The maximum absolute atomic E-state index is 14.5. The number of nitrogens with one attached hydrogen (secondary N) is 1. The Balaban J connectivity index is 1.76. The summed E-state index contributed by atoms with van der Waals surface area (Å²) in [6.45, 7) is 2.77. The van der Waals surface area contributed by atoms with Crippen LogP contribution in [0.1, 0.15) is 51.1 Å². The molecule has 0 spiro atoms. The number of hydrogen-bond donors (Lipinski definition) is 1. The summed E-state index contributed by atoms with van der Waals surface area (Å²) in [6.07, 6.45) is 4.87. The number of rotatable bonds is 4. The van der Waals surface area contributed by atoms with E-state index in [1.54, 1.807) is 19.1 Å². The Hall–Kier alpha value is -2.37. The Kier molecular flexibility index (Phi) is 4.79. The fourth-order valence-electron chi connectivity index (χ4n) is 3.33. The van der Waals surface area contributed by atoms with Crippen molar-refractivity contribution in [3.8, 4) is 0 Å². The molecule has 1 aromatic heterocycles. The number of alkyl halides is 2. The van der Waals surface area contributed by atoms with E-state index in [-0.39, 0.29) is 5.56 Å². The van der Waals surface area contributed by atoms with Crippen molar-refractivity contribution in [2.75, 3.05) is 6.54 Å². The van der Waals surface area contributed by atoms with Gasteiger partial charge in [0, 0.05) is 5.56 Å². The van der Waals surface area contributed by atoms with Crippen LogP contribution in [-0.4, -0.2) is 22.6 Å². The molecule has 0 unspecified atom stereocenters. The van der Waals surface area contributed by atoms with E-state index in [1.165, 1.54) is 12.3 Å². The molecular weight excluding hydrogens is 324 g/mol. The summed E-state index contributed by atoms with van der Waals surface area (Å²) in [5.41, 5.74) is 3.39. The second-order valence-electron chi connectivity index (χ2n) is 6.60. The number of fused-ring (bicyclic) bond motifs is 1. The number of carbonyl (C=O) groups is 1. The number of halogens is 2. The zero-order valence-corrected chi connectivity index (χ0v) is 14.4. The van der Waals surface area contributed by atoms with Gasteiger partial charge < -0.3 is 5.32 Å². The molecule has 2 aromatic rings. The largest absolute Gasteiger partial charge is 0.346 e. The van der Waals surface area contributed by atoms with Gasteiger partial charge in [-0.2, -0.15) is 19.0 Å². The standard InChI is InChI=1S/C19H21F2N3O/c1-12-7-8-16(13(2)9-12)19(20,21)11-22-18(25)15-10-23-24-17-6-4-3-5-14(15)17/h7-10H,3-6,11H2,1-2H3,(H,22,25). The Morgan fingerprint density at radius 1 is 1.24 bits per heavy atom. The fraction of sp³-hybridized carbons (Fsp3) is 0.421. The third kappa shape index (κ3) is 3.67. The predicted molar refractivity (Wildman–Crippen MR) is 90.8 cm³/mol. The van der Waals surface area contributed by atoms with Gasteiger partial charge in [0.25, 0.3) is 11.8 Å². The first-order valence-electron chi connectivity index (χ1n) is 8.45. The molecular formula is C19H21F2N3O. The van der Waals surface area contributed by atoms with Crippen molar-refractivity contribution < 1.29 is 13.6 Å². The number of aryl methyl sites for hydroxylation is 3. The lowest BCUT2D eigenvalue weighted by atomic mass is 9.93. The van der Waals surface area contributed by atoms with Crippen molar-refractivity contribution >= 4 is 5.91 Å². The minimum absolute atomic E-state index is 0.0618. The Morgan fingerprint density at radius 2 is 2.00 bits per heavy atom. The first kappa shape index (κ1) is 17.5. The average Bonchev–Trinajstić information content (AvgIpc) is 2.59. The topological polar surface area (TPSA) is 54.9 Å². The summed E-state index contributed by atoms with van der Waals surface area (Å²) in [5, 5.41) is 10.3. The molecule has 1 aliphatic rings. The van der Waals surface area contributed by atoms with Crippen LogP contribution >= 0.6 is 0 Å². The lowest BCUT2D eigenvalue weighted by molar-refractivity contribution is -0.00309. The van der Waals surface area contributed by atoms with E-state index in [0.717, 1.165) is 42.5 Å². The molecule has 25 heavy (non-hydrogen) atoms. The summed E-state index contributed by atoms with van der Waals surface area (Å²) in [5.74, 6) is -3.65. The number of benzene rings is 1. The average molecular weight is 345 g/mol. The van der Waals surface area contributed by atoms with E-state index in [1.807, 2.05) is 6.92 Å². The van der Waals surface area contributed by atoms with Gasteiger partial charge in [-0.05, 0) is 50.7 Å². The van der Waals surface area contributed by atoms with Crippen molar-refractivity contribution in [3.63, 3.8) is 0 Å². The molecule has 0 bridgehead atoms. The van der Waals surface area contributed by atoms with Gasteiger partial charge in [0.05, 0.1) is 24.0 Å². The third-order valence-electron chi connectivity index (χ3n) is 4.62. The second-order valence-corrected chi connectivity index (χ2v) is 6.60. The van der Waals surface area contributed by atoms with E-state index in [9.17, 15) is 13.6 Å². The van der Waals surface area contributed by atoms with Crippen molar-refractivity contribution in [1.29, 1.82) is 0 Å². The molecule has 3 rings (SSSR count). The lowest BCUT2D eigenvalue weighted by Gasteiger charge is -2.21. The molecule has 1 aromatic carbocycles. The lowest BCUT2D eigenvalue weighted by Crippen LogP contribution is -2.36. The van der Waals surface area contributed by atoms with Gasteiger partial charge in [-0.3, -0.25) is 4.79 Å². The van der Waals surface area contributed by atoms with E-state index >= 15 is 0 Å². The third-order valence-corrected chi connectivity index (χ3v) is 4.62. The highest BCUT2D eigenvalue weighted by atomic mass is 19.3. The Labute approximate surface area is 145 Å². The van der Waals surface area contributed by atoms with Crippen LogP contribution < -0.4 is 5.32 Å². The minimum Gasteiger partial charge on any atom is -0.346 e. The number of hydrogen-bond acceptors (Lipinski definition) is 3. The van der Waals surface area contributed by atoms with Crippen molar-refractivity contribution in [2.45, 2.75) is 45.5 Å². The molecule has 0 saturated carbocycles. The molecule has 0 saturated heterocycles. The van der Waals surface area contributed by atoms with Crippen LogP contribution in [0.5, 0.6) is 0 Å². The maximum atomic E-state index is 14.5. The predicted octanol–water partition coefficient (Wildman–Crippen LogP) is 3.49. The monoisotopic (exact) mass is 345 g/mol. The summed E-state index contributed by atoms with van der Waals surface area (Å²) >= 11 is 0. The molecule has 0 fully saturated rings. The van der Waals surface area contributed by atoms with Gasteiger partial charge in [0.1, 0.15) is 0 Å². The molecule has 4 nitrogen and oxygen atoms in total. The summed E-state index contributed by atoms with van der Waals surface area (Å²) in [4.78, 5) is 12.4. The second kappa shape index (κ2) is 6.86. The number of amides is 1. The van der Waals surface area contributed by atoms with Gasteiger partial charge in [0.15, 0.2) is 0 Å². The zero-order chi connectivity index (χ0) is 18.0. The van der Waals surface area contributed by atoms with E-state index in [4.69, 9.17) is 0 Å². The zero-order valence-electron chi connectivity index (χ0n) is 14.4. The first-order chi connectivity index (χ1) is 11.9. The van der Waals surface area contributed by atoms with E-state index in [0.29, 0.717) is 11.1 Å². The van der Waals surface area contributed by atoms with Crippen LogP contribution in [0, 0.1) is 13.8 Å². The summed E-state index contributed by atoms with van der Waals surface area (Å²) in [7, 11) is 0. The summed E-state index contributed by atoms with van der Waals surface area (Å²) < 4.78 is 29.0. The van der Waals surface area contributed by atoms with Crippen molar-refractivity contribution in [1.82, 2.24) is 15.5 Å². The van der Waals surface area contributed by atoms with Crippen LogP contribution in [0.4, 0.5) is 8.78 Å². The van der Waals surface area contributed by atoms with Crippen molar-refractivity contribution in [3.05, 3.63) is 57.9 Å². The van der Waals surface area contributed by atoms with E-state index < -0.39 is 18.4 Å². The molecule has 1 amide bonds. The maximum Gasteiger partial charge on any atom is 0.290 e. The normalized spacial score (nSPS) is 14.1. The van der Waals surface area contributed by atoms with Crippen LogP contribution in [0.2, 0.25) is 0 Å². The van der Waals surface area contributed by atoms with E-state index in [2.05, 4.69) is 15.5 Å². The number of nitrogens with zero attached hydrogens (tertiary/aromatic N) is 2. The van der Waals surface area contributed by atoms with Gasteiger partial charge in [-0.25, -0.2) is 0 Å². The van der Waals surface area contributed by atoms with Crippen LogP contribution in [0.3, 0.4) is 0 Å². The molecule has 0 atom stereocenters. The highest BCUT2D eigenvalue weighted by molar-refractivity contribution is 5.95. The molecule has 6 heteroatoms. The minimum atomic E-state index is -3.13.